The summed E-state index contributed by atoms with van der Waals surface area (Å²) in [4.78, 5) is 26.5. The smallest absolute Gasteiger partial charge is 0.407 e. The summed E-state index contributed by atoms with van der Waals surface area (Å²) in [5.41, 5.74) is 1.49. The average molecular weight is 664 g/mol. The monoisotopic (exact) mass is 663 g/mol. The van der Waals surface area contributed by atoms with Gasteiger partial charge < -0.3 is 20.1 Å². The minimum Gasteiger partial charge on any atom is -0.444 e. The molecule has 0 radical (unpaired) electrons. The summed E-state index contributed by atoms with van der Waals surface area (Å²) in [5, 5.41) is 5.44. The van der Waals surface area contributed by atoms with E-state index in [0.717, 1.165) is 11.1 Å². The maximum Gasteiger partial charge on any atom is 0.407 e. The first-order valence-electron chi connectivity index (χ1n) is 14.8. The molecule has 7 nitrogen and oxygen atoms in total. The minimum atomic E-state index is -4.54. The average Bonchev–Trinajstić information content (AvgIpc) is 3.87. The van der Waals surface area contributed by atoms with Crippen molar-refractivity contribution < 1.29 is 41.0 Å². The zero-order valence-electron chi connectivity index (χ0n) is 24.7. The van der Waals surface area contributed by atoms with E-state index < -0.39 is 41.9 Å². The first-order chi connectivity index (χ1) is 21.8. The molecular weight excluding hydrogens is 633 g/mol. The van der Waals surface area contributed by atoms with Gasteiger partial charge in [0.05, 0.1) is 29.1 Å². The Labute approximate surface area is 267 Å². The number of carbonyl (C=O) groups excluding carboxylic acids is 2. The Hall–Kier alpha value is -3.74. The Morgan fingerprint density at radius 3 is 2.52 bits per heavy atom. The van der Waals surface area contributed by atoms with Gasteiger partial charge in [-0.15, -0.1) is 0 Å². The molecule has 3 aromatic rings. The number of alkyl halides is 3. The first-order valence-corrected chi connectivity index (χ1v) is 15.2. The van der Waals surface area contributed by atoms with Crippen molar-refractivity contribution >= 4 is 35.0 Å². The van der Waals surface area contributed by atoms with E-state index in [4.69, 9.17) is 21.1 Å². The fourth-order valence-corrected chi connectivity index (χ4v) is 6.37. The van der Waals surface area contributed by atoms with E-state index in [9.17, 15) is 27.2 Å². The zero-order valence-corrected chi connectivity index (χ0v) is 25.5. The van der Waals surface area contributed by atoms with Crippen molar-refractivity contribution in [3.05, 3.63) is 94.0 Å². The van der Waals surface area contributed by atoms with Crippen molar-refractivity contribution in [3.63, 3.8) is 0 Å². The lowest BCUT2D eigenvalue weighted by molar-refractivity contribution is -0.124. The van der Waals surface area contributed by atoms with Crippen molar-refractivity contribution in [2.75, 3.05) is 24.6 Å². The number of amides is 2. The Bertz CT molecular complexity index is 1640. The summed E-state index contributed by atoms with van der Waals surface area (Å²) >= 11 is 6.38. The fraction of sp³-hybridized carbons (Fsp3) is 0.394. The molecule has 1 heterocycles. The molecule has 3 fully saturated rings. The van der Waals surface area contributed by atoms with Crippen LogP contribution in [0, 0.1) is 17.6 Å². The van der Waals surface area contributed by atoms with E-state index in [2.05, 4.69) is 5.32 Å². The van der Waals surface area contributed by atoms with E-state index in [0.29, 0.717) is 47.8 Å². The van der Waals surface area contributed by atoms with Gasteiger partial charge in [0.2, 0.25) is 5.91 Å². The van der Waals surface area contributed by atoms with Crippen LogP contribution in [0.25, 0.3) is 0 Å². The van der Waals surface area contributed by atoms with E-state index in [-0.39, 0.29) is 30.7 Å². The number of nitrogens with one attached hydrogen (secondary N) is 2. The second-order valence-corrected chi connectivity index (χ2v) is 12.6. The van der Waals surface area contributed by atoms with Crippen LogP contribution in [0.15, 0.2) is 60.7 Å². The van der Waals surface area contributed by atoms with Crippen LogP contribution in [-0.2, 0) is 27.1 Å². The number of ether oxygens (including phenoxy) is 2. The first kappa shape index (κ1) is 32.2. The van der Waals surface area contributed by atoms with E-state index in [1.807, 2.05) is 0 Å². The molecule has 3 aromatic carbocycles. The lowest BCUT2D eigenvalue weighted by Crippen LogP contribution is -2.53. The van der Waals surface area contributed by atoms with Gasteiger partial charge in [-0.05, 0) is 72.7 Å². The third-order valence-electron chi connectivity index (χ3n) is 8.92. The predicted molar refractivity (Wildman–Crippen MR) is 160 cm³/mol. The van der Waals surface area contributed by atoms with Gasteiger partial charge >= 0.3 is 12.3 Å². The minimum absolute atomic E-state index is 0.0898. The van der Waals surface area contributed by atoms with Crippen molar-refractivity contribution in [3.8, 4) is 0 Å². The number of carbonyl (C=O) groups is 2. The molecule has 4 atom stereocenters. The van der Waals surface area contributed by atoms with E-state index in [1.165, 1.54) is 36.1 Å². The highest BCUT2D eigenvalue weighted by molar-refractivity contribution is 6.31. The lowest BCUT2D eigenvalue weighted by atomic mass is 9.99. The number of halogens is 6. The quantitative estimate of drug-likeness (QED) is 0.265. The molecular formula is C33H31ClF5N3O4. The fourth-order valence-electron chi connectivity index (χ4n) is 6.21. The number of benzene rings is 3. The van der Waals surface area contributed by atoms with Crippen LogP contribution in [0.3, 0.4) is 0 Å². The number of alkyl carbamates (subject to hydrolysis) is 1. The van der Waals surface area contributed by atoms with Gasteiger partial charge in [-0.25, -0.2) is 13.6 Å². The summed E-state index contributed by atoms with van der Waals surface area (Å²) in [5.74, 6) is -1.28. The van der Waals surface area contributed by atoms with Crippen molar-refractivity contribution in [2.45, 2.75) is 56.0 Å². The highest BCUT2D eigenvalue weighted by atomic mass is 35.5. The van der Waals surface area contributed by atoms with Crippen molar-refractivity contribution in [2.24, 2.45) is 5.92 Å². The van der Waals surface area contributed by atoms with Gasteiger partial charge in [-0.3, -0.25) is 9.69 Å². The maximum atomic E-state index is 15.6. The molecule has 244 valence electrons. The Kier molecular flexibility index (Phi) is 8.49. The van der Waals surface area contributed by atoms with Crippen molar-refractivity contribution in [1.29, 1.82) is 0 Å². The number of rotatable bonds is 8. The highest BCUT2D eigenvalue weighted by Crippen LogP contribution is 2.55. The molecule has 2 N–H and O–H groups in total. The molecule has 2 spiro atoms. The molecule has 1 aliphatic heterocycles. The summed E-state index contributed by atoms with van der Waals surface area (Å²) in [6.07, 6.45) is -4.64. The Morgan fingerprint density at radius 1 is 1.09 bits per heavy atom. The normalized spacial score (nSPS) is 24.9. The number of hydrogen-bond acceptors (Lipinski definition) is 5. The topological polar surface area (TPSA) is 79.9 Å². The van der Waals surface area contributed by atoms with Crippen LogP contribution in [0.5, 0.6) is 0 Å². The van der Waals surface area contributed by atoms with Crippen LogP contribution in [0.2, 0.25) is 5.02 Å². The van der Waals surface area contributed by atoms with Gasteiger partial charge in [-0.1, -0.05) is 35.9 Å². The molecule has 6 rings (SSSR count). The molecule has 0 aromatic heterocycles. The zero-order chi connectivity index (χ0) is 32.9. The number of morpholine rings is 1. The van der Waals surface area contributed by atoms with E-state index >= 15 is 4.39 Å². The second-order valence-electron chi connectivity index (χ2n) is 12.2. The summed E-state index contributed by atoms with van der Waals surface area (Å²) in [6, 6.07) is 15.7. The molecule has 46 heavy (non-hydrogen) atoms. The SMILES string of the molecule is CC(=O)N(c1cc(Cl)ccc1Cc1ccc(F)cc1)c1cccc(F)c1C[C@H]1CC12CNC1(CO2)C[C@@H]1OC(=O)NCC(F)(F)F. The largest absolute Gasteiger partial charge is 0.444 e. The molecule has 2 amide bonds. The van der Waals surface area contributed by atoms with Gasteiger partial charge in [-0.2, -0.15) is 13.2 Å². The van der Waals surface area contributed by atoms with Gasteiger partial charge in [0, 0.05) is 30.5 Å². The highest BCUT2D eigenvalue weighted by Gasteiger charge is 2.66. The third-order valence-corrected chi connectivity index (χ3v) is 9.15. The molecule has 1 saturated heterocycles. The number of anilines is 2. The molecule has 2 unspecified atom stereocenters. The lowest BCUT2D eigenvalue weighted by Gasteiger charge is -2.32. The van der Waals surface area contributed by atoms with Gasteiger partial charge in [0.15, 0.2) is 0 Å². The standard InChI is InChI=1S/C33H31ClF5N3O4/c1-19(43)42(28-13-23(34)8-7-21(28)11-20-5-9-24(35)10-6-20)27-4-2-3-26(36)25(27)12-22-14-32(22)16-41-31(18-45-32)15-29(31)46-30(44)40-17-33(37,38)39/h2-10,13,22,29,41H,11-12,14-18H2,1H3,(H,40,44)/t22-,29-,31?,32?/m0/s1. The second kappa shape index (κ2) is 12.1. The van der Waals surface area contributed by atoms with Crippen molar-refractivity contribution in [1.82, 2.24) is 10.6 Å². The van der Waals surface area contributed by atoms with Crippen LogP contribution >= 0.6 is 11.6 Å². The molecule has 0 bridgehead atoms. The summed E-state index contributed by atoms with van der Waals surface area (Å²) in [7, 11) is 0. The van der Waals surface area contributed by atoms with Crippen LogP contribution in [-0.4, -0.2) is 55.1 Å². The number of nitrogens with zero attached hydrogens (tertiary/aromatic N) is 1. The molecule has 13 heteroatoms. The van der Waals surface area contributed by atoms with Gasteiger partial charge in [0.1, 0.15) is 24.3 Å². The Balaban J connectivity index is 1.16. The molecule has 2 saturated carbocycles. The maximum absolute atomic E-state index is 15.6. The number of hydrogen-bond donors (Lipinski definition) is 2. The Morgan fingerprint density at radius 2 is 1.85 bits per heavy atom. The van der Waals surface area contributed by atoms with Crippen LogP contribution < -0.4 is 15.5 Å². The molecule has 3 aliphatic rings. The van der Waals surface area contributed by atoms with Crippen LogP contribution in [0.1, 0.15) is 36.5 Å². The van der Waals surface area contributed by atoms with Gasteiger partial charge in [0.25, 0.3) is 0 Å². The summed E-state index contributed by atoms with van der Waals surface area (Å²) < 4.78 is 77.6. The summed E-state index contributed by atoms with van der Waals surface area (Å²) in [6.45, 7) is 0.477. The molecule has 2 aliphatic carbocycles. The van der Waals surface area contributed by atoms with Crippen LogP contribution in [0.4, 0.5) is 38.1 Å². The van der Waals surface area contributed by atoms with E-state index in [1.54, 1.807) is 41.7 Å². The third kappa shape index (κ3) is 6.84. The predicted octanol–water partition coefficient (Wildman–Crippen LogP) is 6.61.